The van der Waals surface area contributed by atoms with Gasteiger partial charge in [0, 0.05) is 23.5 Å². The summed E-state index contributed by atoms with van der Waals surface area (Å²) in [6.45, 7) is 0. The Morgan fingerprint density at radius 2 is 2.24 bits per heavy atom. The van der Waals surface area contributed by atoms with E-state index < -0.39 is 0 Å². The summed E-state index contributed by atoms with van der Waals surface area (Å²) in [5, 5.41) is 1.24. The molecule has 0 unspecified atom stereocenters. The van der Waals surface area contributed by atoms with Crippen molar-refractivity contribution in [3.05, 3.63) is 36.0 Å². The normalized spacial score (nSPS) is 10.6. The summed E-state index contributed by atoms with van der Waals surface area (Å²) in [5.41, 5.74) is 4.71. The maximum absolute atomic E-state index is 11.2. The van der Waals surface area contributed by atoms with Crippen LogP contribution in [-0.4, -0.2) is 18.0 Å². The molecule has 1 aromatic carbocycles. The van der Waals surface area contributed by atoms with Gasteiger partial charge in [0.05, 0.1) is 7.11 Å². The van der Waals surface area contributed by atoms with Gasteiger partial charge in [0.15, 0.2) is 0 Å². The van der Waals surface area contributed by atoms with Crippen molar-refractivity contribution >= 4 is 16.8 Å². The van der Waals surface area contributed by atoms with Crippen molar-refractivity contribution in [2.24, 2.45) is 0 Å². The molecule has 0 spiro atoms. The Bertz CT molecular complexity index is 505. The molecule has 0 bridgehead atoms. The van der Waals surface area contributed by atoms with Crippen LogP contribution < -0.4 is 5.48 Å². The largest absolute Gasteiger partial charge is 0.361 e. The van der Waals surface area contributed by atoms with E-state index in [1.165, 1.54) is 18.1 Å². The highest BCUT2D eigenvalue weighted by Crippen LogP contribution is 2.19. The van der Waals surface area contributed by atoms with E-state index in [1.54, 1.807) is 0 Å². The van der Waals surface area contributed by atoms with Crippen molar-refractivity contribution in [1.82, 2.24) is 10.5 Å². The molecule has 0 saturated heterocycles. The number of hydrogen-bond donors (Lipinski definition) is 2. The highest BCUT2D eigenvalue weighted by atomic mass is 16.6. The number of carbonyl (C=O) groups is 1. The van der Waals surface area contributed by atoms with Gasteiger partial charge in [-0.15, -0.1) is 0 Å². The molecule has 2 aromatic rings. The second-order valence-corrected chi connectivity index (χ2v) is 3.94. The molecule has 1 aromatic heterocycles. The van der Waals surface area contributed by atoms with Crippen LogP contribution in [0.1, 0.15) is 18.4 Å². The number of aromatic amines is 1. The minimum Gasteiger partial charge on any atom is -0.361 e. The van der Waals surface area contributed by atoms with Gasteiger partial charge >= 0.3 is 0 Å². The number of fused-ring (bicyclic) bond motifs is 1. The van der Waals surface area contributed by atoms with Crippen LogP contribution >= 0.6 is 0 Å². The van der Waals surface area contributed by atoms with E-state index in [-0.39, 0.29) is 5.91 Å². The summed E-state index contributed by atoms with van der Waals surface area (Å²) in [5.74, 6) is -0.0765. The van der Waals surface area contributed by atoms with E-state index >= 15 is 0 Å². The van der Waals surface area contributed by atoms with Gasteiger partial charge in [0.1, 0.15) is 0 Å². The first-order valence-corrected chi connectivity index (χ1v) is 5.68. The monoisotopic (exact) mass is 232 g/mol. The van der Waals surface area contributed by atoms with E-state index in [2.05, 4.69) is 27.4 Å². The second-order valence-electron chi connectivity index (χ2n) is 3.94. The molecule has 1 amide bonds. The smallest absolute Gasteiger partial charge is 0.243 e. The average molecular weight is 232 g/mol. The van der Waals surface area contributed by atoms with Gasteiger partial charge in [-0.2, -0.15) is 0 Å². The molecule has 0 aliphatic rings. The quantitative estimate of drug-likeness (QED) is 0.776. The fourth-order valence-corrected chi connectivity index (χ4v) is 1.94. The summed E-state index contributed by atoms with van der Waals surface area (Å²) in [6, 6.07) is 8.18. The number of rotatable bonds is 5. The lowest BCUT2D eigenvalue weighted by atomic mass is 10.1. The van der Waals surface area contributed by atoms with Crippen molar-refractivity contribution in [3.63, 3.8) is 0 Å². The fourth-order valence-electron chi connectivity index (χ4n) is 1.94. The van der Waals surface area contributed by atoms with E-state index in [4.69, 9.17) is 0 Å². The van der Waals surface area contributed by atoms with Gasteiger partial charge in [-0.05, 0) is 24.5 Å². The molecule has 0 fully saturated rings. The summed E-state index contributed by atoms with van der Waals surface area (Å²) in [6.07, 6.45) is 4.20. The molecule has 0 aliphatic carbocycles. The third-order valence-electron chi connectivity index (χ3n) is 2.74. The Morgan fingerprint density at radius 1 is 1.41 bits per heavy atom. The maximum Gasteiger partial charge on any atom is 0.243 e. The number of aryl methyl sites for hydroxylation is 1. The van der Waals surface area contributed by atoms with Crippen LogP contribution in [0.15, 0.2) is 30.5 Å². The predicted molar refractivity (Wildman–Crippen MR) is 66.4 cm³/mol. The van der Waals surface area contributed by atoms with E-state index in [0.717, 1.165) is 18.4 Å². The van der Waals surface area contributed by atoms with Gasteiger partial charge in [0.2, 0.25) is 5.91 Å². The van der Waals surface area contributed by atoms with E-state index in [0.29, 0.717) is 6.42 Å². The summed E-state index contributed by atoms with van der Waals surface area (Å²) < 4.78 is 0. The number of hydroxylamine groups is 1. The zero-order chi connectivity index (χ0) is 12.1. The number of aromatic nitrogens is 1. The van der Waals surface area contributed by atoms with Crippen molar-refractivity contribution in [1.29, 1.82) is 0 Å². The Labute approximate surface area is 99.9 Å². The third kappa shape index (κ3) is 2.85. The van der Waals surface area contributed by atoms with Crippen molar-refractivity contribution < 1.29 is 9.63 Å². The van der Waals surface area contributed by atoms with Crippen LogP contribution in [0.3, 0.4) is 0 Å². The molecule has 1 heterocycles. The lowest BCUT2D eigenvalue weighted by Gasteiger charge is -2.01. The Hall–Kier alpha value is -1.81. The van der Waals surface area contributed by atoms with Crippen LogP contribution in [0.25, 0.3) is 10.9 Å². The number of nitrogens with one attached hydrogen (secondary N) is 2. The molecule has 0 radical (unpaired) electrons. The number of amides is 1. The molecule has 0 atom stereocenters. The molecule has 4 heteroatoms. The van der Waals surface area contributed by atoms with E-state index in [9.17, 15) is 4.79 Å². The molecule has 17 heavy (non-hydrogen) atoms. The molecule has 2 rings (SSSR count). The zero-order valence-corrected chi connectivity index (χ0v) is 9.82. The summed E-state index contributed by atoms with van der Waals surface area (Å²) in [4.78, 5) is 19.0. The standard InChI is InChI=1S/C13H16N2O2/c1-17-15-13(16)8-4-5-10-9-14-12-7-3-2-6-11(10)12/h2-3,6-7,9,14H,4-5,8H2,1H3,(H,15,16). The lowest BCUT2D eigenvalue weighted by molar-refractivity contribution is -0.131. The molecule has 0 saturated carbocycles. The second kappa shape index (κ2) is 5.50. The van der Waals surface area contributed by atoms with Crippen LogP contribution in [0.4, 0.5) is 0 Å². The minimum atomic E-state index is -0.0765. The van der Waals surface area contributed by atoms with Gasteiger partial charge in [-0.3, -0.25) is 9.63 Å². The molecular weight excluding hydrogens is 216 g/mol. The Morgan fingerprint density at radius 3 is 3.06 bits per heavy atom. The molecule has 90 valence electrons. The van der Waals surface area contributed by atoms with Gasteiger partial charge in [-0.1, -0.05) is 18.2 Å². The predicted octanol–water partition coefficient (Wildman–Crippen LogP) is 2.17. The number of benzene rings is 1. The van der Waals surface area contributed by atoms with Crippen molar-refractivity contribution in [2.75, 3.05) is 7.11 Å². The first-order chi connectivity index (χ1) is 8.31. The average Bonchev–Trinajstić information content (AvgIpc) is 2.73. The zero-order valence-electron chi connectivity index (χ0n) is 9.82. The first-order valence-electron chi connectivity index (χ1n) is 5.68. The number of H-pyrrole nitrogens is 1. The van der Waals surface area contributed by atoms with Crippen LogP contribution in [0.2, 0.25) is 0 Å². The number of carbonyl (C=O) groups excluding carboxylic acids is 1. The number of para-hydroxylation sites is 1. The SMILES string of the molecule is CONC(=O)CCCc1c[nH]c2ccccc12. The van der Waals surface area contributed by atoms with Crippen LogP contribution in [0.5, 0.6) is 0 Å². The van der Waals surface area contributed by atoms with E-state index in [1.807, 2.05) is 18.3 Å². The van der Waals surface area contributed by atoms with Gasteiger partial charge < -0.3 is 4.98 Å². The summed E-state index contributed by atoms with van der Waals surface area (Å²) in [7, 11) is 1.44. The van der Waals surface area contributed by atoms with Crippen molar-refractivity contribution in [3.8, 4) is 0 Å². The Kier molecular flexibility index (Phi) is 3.77. The fraction of sp³-hybridized carbons (Fsp3) is 0.308. The minimum absolute atomic E-state index is 0.0765. The third-order valence-corrected chi connectivity index (χ3v) is 2.74. The topological polar surface area (TPSA) is 54.1 Å². The first kappa shape index (κ1) is 11.7. The van der Waals surface area contributed by atoms with Crippen molar-refractivity contribution in [2.45, 2.75) is 19.3 Å². The molecular formula is C13H16N2O2. The lowest BCUT2D eigenvalue weighted by Crippen LogP contribution is -2.21. The highest BCUT2D eigenvalue weighted by Gasteiger charge is 2.04. The Balaban J connectivity index is 1.93. The van der Waals surface area contributed by atoms with Gasteiger partial charge in [0.25, 0.3) is 0 Å². The highest BCUT2D eigenvalue weighted by molar-refractivity contribution is 5.83. The maximum atomic E-state index is 11.2. The molecule has 0 aliphatic heterocycles. The van der Waals surface area contributed by atoms with Crippen LogP contribution in [0, 0.1) is 0 Å². The van der Waals surface area contributed by atoms with Gasteiger partial charge in [-0.25, -0.2) is 5.48 Å². The molecule has 4 nitrogen and oxygen atoms in total. The summed E-state index contributed by atoms with van der Waals surface area (Å²) >= 11 is 0. The number of hydrogen-bond acceptors (Lipinski definition) is 2. The molecule has 2 N–H and O–H groups in total. The van der Waals surface area contributed by atoms with Crippen LogP contribution in [-0.2, 0) is 16.1 Å².